The molecular formula is C13H20O3. The lowest BCUT2D eigenvalue weighted by molar-refractivity contribution is -0.150. The molecule has 2 rings (SSSR count). The summed E-state index contributed by atoms with van der Waals surface area (Å²) < 4.78 is 5.43. The van der Waals surface area contributed by atoms with Gasteiger partial charge in [-0.3, -0.25) is 4.79 Å². The summed E-state index contributed by atoms with van der Waals surface area (Å²) in [7, 11) is 0. The Bertz CT molecular complexity index is 298. The Morgan fingerprint density at radius 1 is 1.50 bits per heavy atom. The van der Waals surface area contributed by atoms with Gasteiger partial charge in [0.05, 0.1) is 0 Å². The fourth-order valence-electron chi connectivity index (χ4n) is 3.35. The largest absolute Gasteiger partial charge is 0.462 e. The zero-order valence-electron chi connectivity index (χ0n) is 9.93. The molecule has 0 amide bonds. The highest BCUT2D eigenvalue weighted by Crippen LogP contribution is 2.46. The molecule has 3 nitrogen and oxygen atoms in total. The fourth-order valence-corrected chi connectivity index (χ4v) is 3.35. The van der Waals surface area contributed by atoms with Crippen LogP contribution in [0, 0.1) is 23.7 Å². The summed E-state index contributed by atoms with van der Waals surface area (Å²) in [6.07, 6.45) is 6.31. The van der Waals surface area contributed by atoms with Gasteiger partial charge in [-0.1, -0.05) is 19.1 Å². The number of hydrogen-bond acceptors (Lipinski definition) is 3. The number of carbonyl (C=O) groups excluding carboxylic acids is 1. The van der Waals surface area contributed by atoms with Crippen LogP contribution in [-0.2, 0) is 9.53 Å². The van der Waals surface area contributed by atoms with E-state index in [4.69, 9.17) is 4.74 Å². The highest BCUT2D eigenvalue weighted by molar-refractivity contribution is 5.66. The molecule has 1 N–H and O–H groups in total. The monoisotopic (exact) mass is 224 g/mol. The molecule has 3 heteroatoms. The molecule has 0 heterocycles. The molecule has 2 aliphatic rings. The van der Waals surface area contributed by atoms with E-state index >= 15 is 0 Å². The summed E-state index contributed by atoms with van der Waals surface area (Å²) in [4.78, 5) is 11.1. The van der Waals surface area contributed by atoms with Crippen molar-refractivity contribution >= 4 is 5.97 Å². The number of ether oxygens (including phenoxy) is 1. The van der Waals surface area contributed by atoms with Crippen molar-refractivity contribution in [2.45, 2.75) is 32.8 Å². The van der Waals surface area contributed by atoms with Crippen LogP contribution >= 0.6 is 0 Å². The molecule has 0 aromatic carbocycles. The van der Waals surface area contributed by atoms with E-state index in [-0.39, 0.29) is 24.6 Å². The molecule has 0 radical (unpaired) electrons. The average molecular weight is 224 g/mol. The number of allylic oxidation sites excluding steroid dienone is 1. The zero-order chi connectivity index (χ0) is 11.7. The van der Waals surface area contributed by atoms with Crippen molar-refractivity contribution in [3.05, 3.63) is 12.2 Å². The highest BCUT2D eigenvalue weighted by atomic mass is 16.5. The number of hydrogen-bond donors (Lipinski definition) is 1. The molecule has 5 atom stereocenters. The second-order valence-electron chi connectivity index (χ2n) is 5.13. The van der Waals surface area contributed by atoms with Crippen molar-refractivity contribution in [3.63, 3.8) is 0 Å². The fraction of sp³-hybridized carbons (Fsp3) is 0.769. The van der Waals surface area contributed by atoms with E-state index in [0.29, 0.717) is 17.8 Å². The smallest absolute Gasteiger partial charge is 0.302 e. The first kappa shape index (κ1) is 11.6. The van der Waals surface area contributed by atoms with Gasteiger partial charge in [0.1, 0.15) is 6.10 Å². The van der Waals surface area contributed by atoms with Crippen LogP contribution in [0.3, 0.4) is 0 Å². The third-order valence-corrected chi connectivity index (χ3v) is 4.03. The first-order valence-corrected chi connectivity index (χ1v) is 6.08. The maximum absolute atomic E-state index is 11.1. The van der Waals surface area contributed by atoms with Gasteiger partial charge in [0, 0.05) is 25.4 Å². The van der Waals surface area contributed by atoms with Crippen molar-refractivity contribution in [2.24, 2.45) is 23.7 Å². The maximum Gasteiger partial charge on any atom is 0.302 e. The minimum absolute atomic E-state index is 0.0431. The third-order valence-electron chi connectivity index (χ3n) is 4.03. The minimum atomic E-state index is -0.187. The van der Waals surface area contributed by atoms with E-state index in [0.717, 1.165) is 12.8 Å². The Morgan fingerprint density at radius 3 is 2.88 bits per heavy atom. The predicted molar refractivity (Wildman–Crippen MR) is 60.6 cm³/mol. The molecule has 0 saturated heterocycles. The molecule has 2 aliphatic carbocycles. The van der Waals surface area contributed by atoms with Crippen molar-refractivity contribution in [1.29, 1.82) is 0 Å². The molecule has 0 aromatic rings. The molecule has 0 unspecified atom stereocenters. The van der Waals surface area contributed by atoms with E-state index in [1.165, 1.54) is 6.92 Å². The average Bonchev–Trinajstić information content (AvgIpc) is 2.55. The number of carbonyl (C=O) groups is 1. The lowest BCUT2D eigenvalue weighted by atomic mass is 9.78. The quantitative estimate of drug-likeness (QED) is 0.574. The van der Waals surface area contributed by atoms with Gasteiger partial charge in [-0.15, -0.1) is 0 Å². The molecule has 0 bridgehead atoms. The van der Waals surface area contributed by atoms with Crippen LogP contribution in [0.2, 0.25) is 0 Å². The molecule has 1 saturated carbocycles. The molecule has 1 fully saturated rings. The van der Waals surface area contributed by atoms with Gasteiger partial charge < -0.3 is 9.84 Å². The van der Waals surface area contributed by atoms with E-state index in [1.54, 1.807) is 0 Å². The van der Waals surface area contributed by atoms with Crippen LogP contribution in [-0.4, -0.2) is 23.8 Å². The second kappa shape index (κ2) is 4.58. The lowest BCUT2D eigenvalue weighted by Crippen LogP contribution is -2.31. The van der Waals surface area contributed by atoms with Crippen LogP contribution in [0.25, 0.3) is 0 Å². The SMILES string of the molecule is CC(=O)O[C@@H]1[C@H]2CC=C[C@H](CO)[C@H]2C[C@@H]1C. The summed E-state index contributed by atoms with van der Waals surface area (Å²) in [5.41, 5.74) is 0. The summed E-state index contributed by atoms with van der Waals surface area (Å²) in [6.45, 7) is 3.82. The predicted octanol–water partition coefficient (Wildman–Crippen LogP) is 1.76. The highest BCUT2D eigenvalue weighted by Gasteiger charge is 2.46. The van der Waals surface area contributed by atoms with E-state index in [1.807, 2.05) is 0 Å². The van der Waals surface area contributed by atoms with Gasteiger partial charge in [-0.25, -0.2) is 0 Å². The zero-order valence-corrected chi connectivity index (χ0v) is 9.93. The van der Waals surface area contributed by atoms with Gasteiger partial charge in [0.2, 0.25) is 0 Å². The van der Waals surface area contributed by atoms with Crippen molar-refractivity contribution < 1.29 is 14.6 Å². The molecular weight excluding hydrogens is 204 g/mol. The van der Waals surface area contributed by atoms with Gasteiger partial charge >= 0.3 is 5.97 Å². The van der Waals surface area contributed by atoms with E-state index < -0.39 is 0 Å². The molecule has 0 aromatic heterocycles. The molecule has 16 heavy (non-hydrogen) atoms. The van der Waals surface area contributed by atoms with E-state index in [9.17, 15) is 9.90 Å². The van der Waals surface area contributed by atoms with Crippen molar-refractivity contribution in [2.75, 3.05) is 6.61 Å². The number of rotatable bonds is 2. The summed E-state index contributed by atoms with van der Waals surface area (Å²) in [6, 6.07) is 0. The topological polar surface area (TPSA) is 46.5 Å². The molecule has 0 spiro atoms. The summed E-state index contributed by atoms with van der Waals surface area (Å²) in [5, 5.41) is 9.33. The second-order valence-corrected chi connectivity index (χ2v) is 5.13. The van der Waals surface area contributed by atoms with E-state index in [2.05, 4.69) is 19.1 Å². The number of aliphatic hydroxyl groups is 1. The van der Waals surface area contributed by atoms with Crippen LogP contribution in [0.15, 0.2) is 12.2 Å². The van der Waals surface area contributed by atoms with Crippen molar-refractivity contribution in [3.8, 4) is 0 Å². The van der Waals surface area contributed by atoms with Crippen molar-refractivity contribution in [1.82, 2.24) is 0 Å². The van der Waals surface area contributed by atoms with Gasteiger partial charge in [0.15, 0.2) is 0 Å². The normalized spacial score (nSPS) is 41.8. The molecule has 0 aliphatic heterocycles. The van der Waals surface area contributed by atoms with Gasteiger partial charge in [-0.05, 0) is 24.7 Å². The van der Waals surface area contributed by atoms with Crippen LogP contribution in [0.1, 0.15) is 26.7 Å². The third kappa shape index (κ3) is 2.01. The summed E-state index contributed by atoms with van der Waals surface area (Å²) >= 11 is 0. The Labute approximate surface area is 96.5 Å². The Morgan fingerprint density at radius 2 is 2.25 bits per heavy atom. The lowest BCUT2D eigenvalue weighted by Gasteiger charge is -2.31. The van der Waals surface area contributed by atoms with Crippen LogP contribution in [0.5, 0.6) is 0 Å². The minimum Gasteiger partial charge on any atom is -0.462 e. The number of fused-ring (bicyclic) bond motifs is 1. The Hall–Kier alpha value is -0.830. The molecule has 90 valence electrons. The number of esters is 1. The Balaban J connectivity index is 2.12. The number of aliphatic hydroxyl groups excluding tert-OH is 1. The first-order chi connectivity index (χ1) is 7.63. The maximum atomic E-state index is 11.1. The first-order valence-electron chi connectivity index (χ1n) is 6.08. The van der Waals surface area contributed by atoms with Gasteiger partial charge in [-0.2, -0.15) is 0 Å². The summed E-state index contributed by atoms with van der Waals surface area (Å²) in [5.74, 6) is 1.36. The standard InChI is InChI=1S/C13H20O3/c1-8-6-12-10(7-14)4-3-5-11(12)13(8)16-9(2)15/h3-4,8,10-14H,5-7H2,1-2H3/t8-,10+,11-,12+,13-/m0/s1. The van der Waals surface area contributed by atoms with Crippen LogP contribution < -0.4 is 0 Å². The van der Waals surface area contributed by atoms with Crippen LogP contribution in [0.4, 0.5) is 0 Å². The van der Waals surface area contributed by atoms with Gasteiger partial charge in [0.25, 0.3) is 0 Å². The Kier molecular flexibility index (Phi) is 3.33.